The maximum atomic E-state index is 13.6. The first kappa shape index (κ1) is 20.2. The number of para-hydroxylation sites is 2. The molecule has 0 spiro atoms. The highest BCUT2D eigenvalue weighted by Crippen LogP contribution is 2.45. The Bertz CT molecular complexity index is 1170. The summed E-state index contributed by atoms with van der Waals surface area (Å²) >= 11 is 0. The van der Waals surface area contributed by atoms with Crippen LogP contribution < -0.4 is 15.4 Å². The quantitative estimate of drug-likeness (QED) is 0.505. The monoisotopic (exact) mass is 426 g/mol. The smallest absolute Gasteiger partial charge is 0.161 e. The average molecular weight is 427 g/mol. The fourth-order valence-corrected chi connectivity index (χ4v) is 4.69. The maximum absolute atomic E-state index is 13.6. The van der Waals surface area contributed by atoms with Gasteiger partial charge in [0.25, 0.3) is 0 Å². The number of Topliss-reactive ketones (excluding diaryl/α,β-unsaturated/α-hetero) is 1. The number of phenolic OH excluding ortho intramolecular Hbond substituents is 1. The zero-order valence-corrected chi connectivity index (χ0v) is 17.9. The number of phenols is 1. The van der Waals surface area contributed by atoms with Crippen LogP contribution in [0.3, 0.4) is 0 Å². The molecule has 162 valence electrons. The molecule has 1 aliphatic carbocycles. The molecular weight excluding hydrogens is 400 g/mol. The van der Waals surface area contributed by atoms with Crippen LogP contribution in [0.4, 0.5) is 11.4 Å². The minimum atomic E-state index is -0.374. The molecule has 0 bridgehead atoms. The van der Waals surface area contributed by atoms with Crippen molar-refractivity contribution in [1.82, 2.24) is 0 Å². The van der Waals surface area contributed by atoms with E-state index in [1.807, 2.05) is 61.5 Å². The number of benzene rings is 3. The molecule has 2 aliphatic rings. The van der Waals surface area contributed by atoms with Crippen LogP contribution in [-0.4, -0.2) is 17.5 Å². The molecule has 0 amide bonds. The van der Waals surface area contributed by atoms with Gasteiger partial charge >= 0.3 is 0 Å². The van der Waals surface area contributed by atoms with Gasteiger partial charge in [-0.3, -0.25) is 4.79 Å². The van der Waals surface area contributed by atoms with Crippen LogP contribution in [0.5, 0.6) is 11.5 Å². The number of aromatic hydroxyl groups is 1. The van der Waals surface area contributed by atoms with E-state index in [-0.39, 0.29) is 29.4 Å². The topological polar surface area (TPSA) is 70.6 Å². The van der Waals surface area contributed by atoms with Crippen molar-refractivity contribution < 1.29 is 14.6 Å². The summed E-state index contributed by atoms with van der Waals surface area (Å²) in [6.07, 6.45) is 2.65. The predicted octanol–water partition coefficient (Wildman–Crippen LogP) is 5.63. The number of carbonyl (C=O) groups excluding carboxylic acids is 1. The van der Waals surface area contributed by atoms with E-state index in [2.05, 4.69) is 28.8 Å². The number of nitrogens with one attached hydrogen (secondary N) is 2. The van der Waals surface area contributed by atoms with Gasteiger partial charge in [0.1, 0.15) is 5.78 Å². The van der Waals surface area contributed by atoms with E-state index in [0.29, 0.717) is 18.8 Å². The molecule has 1 aliphatic heterocycles. The van der Waals surface area contributed by atoms with Gasteiger partial charge in [0.05, 0.1) is 29.9 Å². The molecule has 0 fully saturated rings. The van der Waals surface area contributed by atoms with E-state index < -0.39 is 0 Å². The molecule has 0 saturated heterocycles. The lowest BCUT2D eigenvalue weighted by Gasteiger charge is -2.32. The van der Waals surface area contributed by atoms with Crippen molar-refractivity contribution >= 4 is 17.2 Å². The summed E-state index contributed by atoms with van der Waals surface area (Å²) in [5, 5.41) is 17.3. The second kappa shape index (κ2) is 8.42. The second-order valence-electron chi connectivity index (χ2n) is 8.24. The second-order valence-corrected chi connectivity index (χ2v) is 8.24. The molecule has 3 aromatic carbocycles. The Labute approximate surface area is 187 Å². The minimum absolute atomic E-state index is 0.0344. The molecular formula is C27H26N2O3. The number of ether oxygens (including phenoxy) is 1. The number of hydrogen-bond acceptors (Lipinski definition) is 5. The highest BCUT2D eigenvalue weighted by atomic mass is 16.5. The number of ketones is 1. The molecule has 5 rings (SSSR count). The number of hydrogen-bond donors (Lipinski definition) is 3. The van der Waals surface area contributed by atoms with Crippen molar-refractivity contribution in [3.63, 3.8) is 0 Å². The van der Waals surface area contributed by atoms with Gasteiger partial charge in [-0.05, 0) is 42.3 Å². The van der Waals surface area contributed by atoms with Crippen LogP contribution in [0.1, 0.15) is 36.4 Å². The van der Waals surface area contributed by atoms with E-state index in [9.17, 15) is 9.90 Å². The molecule has 3 aromatic rings. The molecule has 32 heavy (non-hydrogen) atoms. The number of rotatable bonds is 4. The molecule has 3 atom stereocenters. The zero-order chi connectivity index (χ0) is 22.1. The minimum Gasteiger partial charge on any atom is -0.504 e. The van der Waals surface area contributed by atoms with Crippen LogP contribution in [0.15, 0.2) is 84.6 Å². The Balaban J connectivity index is 1.62. The first-order chi connectivity index (χ1) is 15.6. The lowest BCUT2D eigenvalue weighted by Crippen LogP contribution is -2.33. The summed E-state index contributed by atoms with van der Waals surface area (Å²) < 4.78 is 5.61. The summed E-state index contributed by atoms with van der Waals surface area (Å²) in [7, 11) is 0. The van der Waals surface area contributed by atoms with Crippen molar-refractivity contribution in [3.05, 3.63) is 95.7 Å². The molecule has 1 heterocycles. The van der Waals surface area contributed by atoms with E-state index in [0.717, 1.165) is 28.2 Å². The van der Waals surface area contributed by atoms with Gasteiger partial charge in [-0.1, -0.05) is 54.6 Å². The van der Waals surface area contributed by atoms with Gasteiger partial charge in [0.15, 0.2) is 11.5 Å². The Hall–Kier alpha value is -3.73. The van der Waals surface area contributed by atoms with Crippen LogP contribution in [0.25, 0.3) is 0 Å². The lowest BCUT2D eigenvalue weighted by molar-refractivity contribution is -0.122. The van der Waals surface area contributed by atoms with Crippen molar-refractivity contribution in [2.75, 3.05) is 17.2 Å². The summed E-state index contributed by atoms with van der Waals surface area (Å²) in [6.45, 7) is 2.33. The molecule has 0 radical (unpaired) electrons. The van der Waals surface area contributed by atoms with Crippen LogP contribution in [-0.2, 0) is 4.79 Å². The third-order valence-electron chi connectivity index (χ3n) is 6.20. The van der Waals surface area contributed by atoms with Crippen molar-refractivity contribution in [1.29, 1.82) is 0 Å². The number of carbonyl (C=O) groups is 1. The number of allylic oxidation sites excluding steroid dienone is 1. The summed E-state index contributed by atoms with van der Waals surface area (Å²) in [5.41, 5.74) is 4.81. The first-order valence-electron chi connectivity index (χ1n) is 11.0. The molecule has 0 aromatic heterocycles. The van der Waals surface area contributed by atoms with Crippen LogP contribution in [0.2, 0.25) is 0 Å². The molecule has 0 saturated carbocycles. The Kier molecular flexibility index (Phi) is 5.31. The molecule has 5 nitrogen and oxygen atoms in total. The molecule has 3 unspecified atom stereocenters. The summed E-state index contributed by atoms with van der Waals surface area (Å²) in [4.78, 5) is 13.6. The van der Waals surface area contributed by atoms with Crippen molar-refractivity contribution in [2.45, 2.75) is 25.3 Å². The lowest BCUT2D eigenvalue weighted by atomic mass is 9.76. The van der Waals surface area contributed by atoms with E-state index in [1.54, 1.807) is 6.07 Å². The zero-order valence-electron chi connectivity index (χ0n) is 17.9. The molecule has 5 heteroatoms. The third-order valence-corrected chi connectivity index (χ3v) is 6.20. The van der Waals surface area contributed by atoms with Crippen LogP contribution >= 0.6 is 0 Å². The highest BCUT2D eigenvalue weighted by Gasteiger charge is 2.40. The van der Waals surface area contributed by atoms with E-state index in [1.165, 1.54) is 0 Å². The van der Waals surface area contributed by atoms with Crippen LogP contribution in [0, 0.1) is 5.92 Å². The third kappa shape index (κ3) is 3.71. The van der Waals surface area contributed by atoms with Gasteiger partial charge in [0.2, 0.25) is 0 Å². The average Bonchev–Trinajstić information content (AvgIpc) is 2.98. The molecule has 3 N–H and O–H groups in total. The van der Waals surface area contributed by atoms with Crippen molar-refractivity contribution in [3.8, 4) is 11.5 Å². The largest absolute Gasteiger partial charge is 0.504 e. The SMILES string of the molecule is CCOc1cc(C2Nc3ccccc3NC3=CC(c4ccccc4)CC(=O)C32)ccc1O. The Morgan fingerprint density at radius 3 is 2.50 bits per heavy atom. The van der Waals surface area contributed by atoms with Gasteiger partial charge in [-0.2, -0.15) is 0 Å². The standard InChI is InChI=1S/C27H26N2O3/c1-2-32-25-16-18(12-13-23(25)30)27-26-22(28-20-10-6-7-11-21(20)29-27)14-19(15-24(26)31)17-8-4-3-5-9-17/h3-14,16,19,26-30H,2,15H2,1H3. The Morgan fingerprint density at radius 2 is 1.72 bits per heavy atom. The van der Waals surface area contributed by atoms with E-state index >= 15 is 0 Å². The fraction of sp³-hybridized carbons (Fsp3) is 0.222. The van der Waals surface area contributed by atoms with E-state index in [4.69, 9.17) is 4.74 Å². The summed E-state index contributed by atoms with van der Waals surface area (Å²) in [5.74, 6) is 0.361. The van der Waals surface area contributed by atoms with Gasteiger partial charge < -0.3 is 20.5 Å². The summed E-state index contributed by atoms with van der Waals surface area (Å²) in [6, 6.07) is 23.2. The predicted molar refractivity (Wildman–Crippen MR) is 126 cm³/mol. The Morgan fingerprint density at radius 1 is 0.969 bits per heavy atom. The fourth-order valence-electron chi connectivity index (χ4n) is 4.69. The van der Waals surface area contributed by atoms with Gasteiger partial charge in [0, 0.05) is 18.0 Å². The highest BCUT2D eigenvalue weighted by molar-refractivity contribution is 5.90. The van der Waals surface area contributed by atoms with Crippen molar-refractivity contribution in [2.24, 2.45) is 5.92 Å². The normalized spacial score (nSPS) is 21.8. The first-order valence-corrected chi connectivity index (χ1v) is 11.0. The number of anilines is 2. The van der Waals surface area contributed by atoms with Gasteiger partial charge in [-0.15, -0.1) is 0 Å². The number of fused-ring (bicyclic) bond motifs is 2. The maximum Gasteiger partial charge on any atom is 0.161 e. The van der Waals surface area contributed by atoms with Gasteiger partial charge in [-0.25, -0.2) is 0 Å².